The van der Waals surface area contributed by atoms with Gasteiger partial charge in [-0.15, -0.1) is 11.3 Å². The van der Waals surface area contributed by atoms with E-state index in [1.807, 2.05) is 6.92 Å². The molecule has 1 heterocycles. The van der Waals surface area contributed by atoms with Gasteiger partial charge in [0.2, 0.25) is 10.0 Å². The van der Waals surface area contributed by atoms with E-state index in [0.717, 1.165) is 48.5 Å². The third kappa shape index (κ3) is 6.69. The lowest BCUT2D eigenvalue weighted by molar-refractivity contribution is 0.580. The first kappa shape index (κ1) is 19.0. The van der Waals surface area contributed by atoms with E-state index < -0.39 is 10.0 Å². The van der Waals surface area contributed by atoms with Gasteiger partial charge in [0.1, 0.15) is 4.21 Å². The molecule has 0 unspecified atom stereocenters. The van der Waals surface area contributed by atoms with Crippen molar-refractivity contribution in [3.63, 3.8) is 0 Å². The van der Waals surface area contributed by atoms with Crippen molar-refractivity contribution < 1.29 is 8.42 Å². The summed E-state index contributed by atoms with van der Waals surface area (Å²) in [6.45, 7) is 6.30. The summed E-state index contributed by atoms with van der Waals surface area (Å²) >= 11 is 3.16. The van der Waals surface area contributed by atoms with Gasteiger partial charge in [0, 0.05) is 18.0 Å². The van der Waals surface area contributed by atoms with Crippen LogP contribution in [0.3, 0.4) is 0 Å². The van der Waals surface area contributed by atoms with Crippen molar-refractivity contribution in [3.8, 4) is 0 Å². The molecule has 0 saturated heterocycles. The summed E-state index contributed by atoms with van der Waals surface area (Å²) in [5.74, 6) is 1.08. The molecule has 122 valence electrons. The van der Waals surface area contributed by atoms with Crippen molar-refractivity contribution in [3.05, 3.63) is 16.5 Å². The molecule has 0 amide bonds. The third-order valence-electron chi connectivity index (χ3n) is 3.04. The number of thioether (sulfide) groups is 1. The average molecular weight is 351 g/mol. The van der Waals surface area contributed by atoms with Gasteiger partial charge < -0.3 is 5.32 Å². The molecule has 0 aliphatic heterocycles. The summed E-state index contributed by atoms with van der Waals surface area (Å²) in [6.07, 6.45) is 5.06. The number of nitrogens with one attached hydrogen (secondary N) is 2. The number of hydrogen-bond donors (Lipinski definition) is 2. The minimum absolute atomic E-state index is 0.429. The highest BCUT2D eigenvalue weighted by atomic mass is 32.2. The minimum Gasteiger partial charge on any atom is -0.312 e. The fourth-order valence-corrected chi connectivity index (χ4v) is 4.99. The van der Waals surface area contributed by atoms with Gasteiger partial charge in [0.25, 0.3) is 0 Å². The van der Waals surface area contributed by atoms with Crippen molar-refractivity contribution >= 4 is 33.1 Å². The molecule has 0 atom stereocenters. The molecule has 1 rings (SSSR count). The number of thiophene rings is 1. The number of rotatable bonds is 11. The molecule has 0 spiro atoms. The zero-order valence-electron chi connectivity index (χ0n) is 13.1. The van der Waals surface area contributed by atoms with Gasteiger partial charge in [-0.3, -0.25) is 0 Å². The molecule has 0 radical (unpaired) electrons. The number of unbranched alkanes of at least 4 members (excludes halogenated alkanes) is 1. The first-order valence-corrected chi connectivity index (χ1v) is 11.0. The maximum absolute atomic E-state index is 12.2. The molecule has 1 aromatic rings. The predicted molar refractivity (Wildman–Crippen MR) is 93.9 cm³/mol. The second-order valence-electron chi connectivity index (χ2n) is 4.95. The fraction of sp³-hybridized carbons (Fsp3) is 0.714. The Morgan fingerprint density at radius 3 is 2.71 bits per heavy atom. The fourth-order valence-electron chi connectivity index (χ4n) is 1.82. The number of sulfonamides is 1. The zero-order chi connectivity index (χ0) is 15.7. The van der Waals surface area contributed by atoms with Gasteiger partial charge in [-0.25, -0.2) is 13.1 Å². The van der Waals surface area contributed by atoms with Crippen molar-refractivity contribution in [1.82, 2.24) is 10.0 Å². The van der Waals surface area contributed by atoms with Gasteiger partial charge in [-0.1, -0.05) is 6.92 Å². The number of hydrogen-bond acceptors (Lipinski definition) is 5. The molecule has 7 heteroatoms. The Morgan fingerprint density at radius 2 is 2.05 bits per heavy atom. The molecule has 4 nitrogen and oxygen atoms in total. The van der Waals surface area contributed by atoms with Crippen LogP contribution in [0.15, 0.2) is 10.3 Å². The standard InChI is InChI=1S/C14H26N2O2S3/c1-4-7-15-11-13-12(2)10-14(20-13)21(17,18)16-8-5-6-9-19-3/h10,15-16H,4-9,11H2,1-3H3. The Balaban J connectivity index is 2.56. The normalized spacial score (nSPS) is 12.0. The average Bonchev–Trinajstić information content (AvgIpc) is 2.81. The highest BCUT2D eigenvalue weighted by Crippen LogP contribution is 2.25. The van der Waals surface area contributed by atoms with Crippen LogP contribution in [-0.4, -0.2) is 33.5 Å². The Hall–Kier alpha value is -0.0800. The molecule has 0 fully saturated rings. The smallest absolute Gasteiger partial charge is 0.250 e. The summed E-state index contributed by atoms with van der Waals surface area (Å²) in [5, 5.41) is 3.32. The summed E-state index contributed by atoms with van der Waals surface area (Å²) in [4.78, 5) is 1.10. The first-order chi connectivity index (χ1) is 10.0. The Labute approximate surface area is 137 Å². The highest BCUT2D eigenvalue weighted by Gasteiger charge is 2.18. The highest BCUT2D eigenvalue weighted by molar-refractivity contribution is 7.98. The molecule has 21 heavy (non-hydrogen) atoms. The number of aryl methyl sites for hydroxylation is 1. The van der Waals surface area contributed by atoms with Crippen LogP contribution >= 0.6 is 23.1 Å². The molecule has 0 bridgehead atoms. The van der Waals surface area contributed by atoms with E-state index in [4.69, 9.17) is 0 Å². The van der Waals surface area contributed by atoms with Gasteiger partial charge in [0.15, 0.2) is 0 Å². The molecule has 2 N–H and O–H groups in total. The van der Waals surface area contributed by atoms with E-state index in [-0.39, 0.29) is 0 Å². The molecule has 0 saturated carbocycles. The van der Waals surface area contributed by atoms with Crippen LogP contribution in [-0.2, 0) is 16.6 Å². The van der Waals surface area contributed by atoms with E-state index in [1.165, 1.54) is 11.3 Å². The van der Waals surface area contributed by atoms with Gasteiger partial charge in [-0.2, -0.15) is 11.8 Å². The van der Waals surface area contributed by atoms with Crippen molar-refractivity contribution in [1.29, 1.82) is 0 Å². The van der Waals surface area contributed by atoms with E-state index in [9.17, 15) is 8.42 Å². The Kier molecular flexibility index (Phi) is 8.89. The van der Waals surface area contributed by atoms with E-state index >= 15 is 0 Å². The second-order valence-corrected chi connectivity index (χ2v) is 9.06. The lowest BCUT2D eigenvalue weighted by atomic mass is 10.3. The van der Waals surface area contributed by atoms with Crippen LogP contribution in [0.1, 0.15) is 36.6 Å². The monoisotopic (exact) mass is 350 g/mol. The summed E-state index contributed by atoms with van der Waals surface area (Å²) in [7, 11) is -3.35. The molecular formula is C14H26N2O2S3. The van der Waals surface area contributed by atoms with E-state index in [1.54, 1.807) is 17.8 Å². The lowest BCUT2D eigenvalue weighted by Crippen LogP contribution is -2.24. The van der Waals surface area contributed by atoms with Crippen molar-refractivity contribution in [2.75, 3.05) is 25.1 Å². The molecular weight excluding hydrogens is 324 g/mol. The summed E-state index contributed by atoms with van der Waals surface area (Å²) in [6, 6.07) is 1.78. The Morgan fingerprint density at radius 1 is 1.29 bits per heavy atom. The largest absolute Gasteiger partial charge is 0.312 e. The van der Waals surface area contributed by atoms with E-state index in [0.29, 0.717) is 10.8 Å². The minimum atomic E-state index is -3.35. The van der Waals surface area contributed by atoms with Crippen LogP contribution in [0, 0.1) is 6.92 Å². The summed E-state index contributed by atoms with van der Waals surface area (Å²) < 4.78 is 27.6. The molecule has 0 aromatic carbocycles. The van der Waals surface area contributed by atoms with Gasteiger partial charge >= 0.3 is 0 Å². The van der Waals surface area contributed by atoms with Crippen LogP contribution in [0.25, 0.3) is 0 Å². The topological polar surface area (TPSA) is 58.2 Å². The maximum Gasteiger partial charge on any atom is 0.250 e. The maximum atomic E-state index is 12.2. The van der Waals surface area contributed by atoms with Crippen LogP contribution in [0.2, 0.25) is 0 Å². The molecule has 0 aliphatic carbocycles. The molecule has 1 aromatic heterocycles. The third-order valence-corrected chi connectivity index (χ3v) is 6.91. The molecule has 0 aliphatic rings. The predicted octanol–water partition coefficient (Wildman–Crippen LogP) is 2.98. The van der Waals surface area contributed by atoms with Gasteiger partial charge in [-0.05, 0) is 56.4 Å². The van der Waals surface area contributed by atoms with Crippen LogP contribution in [0.5, 0.6) is 0 Å². The zero-order valence-corrected chi connectivity index (χ0v) is 15.5. The SMILES string of the molecule is CCCNCc1sc(S(=O)(=O)NCCCCSC)cc1C. The summed E-state index contributed by atoms with van der Waals surface area (Å²) in [5.41, 5.74) is 1.05. The lowest BCUT2D eigenvalue weighted by Gasteiger charge is -2.04. The van der Waals surface area contributed by atoms with Crippen molar-refractivity contribution in [2.24, 2.45) is 0 Å². The van der Waals surface area contributed by atoms with Crippen LogP contribution < -0.4 is 10.0 Å². The van der Waals surface area contributed by atoms with Gasteiger partial charge in [0.05, 0.1) is 0 Å². The first-order valence-electron chi connectivity index (χ1n) is 7.30. The Bertz CT molecular complexity index is 512. The second kappa shape index (κ2) is 9.84. The quantitative estimate of drug-likeness (QED) is 0.602. The van der Waals surface area contributed by atoms with Crippen LogP contribution in [0.4, 0.5) is 0 Å². The van der Waals surface area contributed by atoms with Crippen molar-refractivity contribution in [2.45, 2.75) is 43.9 Å². The van der Waals surface area contributed by atoms with E-state index in [2.05, 4.69) is 23.2 Å².